The second-order valence-corrected chi connectivity index (χ2v) is 8.21. The number of benzene rings is 2. The first-order chi connectivity index (χ1) is 14.0. The summed E-state index contributed by atoms with van der Waals surface area (Å²) in [6.07, 6.45) is 1.45. The molecule has 29 heavy (non-hydrogen) atoms. The fourth-order valence-electron chi connectivity index (χ4n) is 4.36. The molecule has 5 nitrogen and oxygen atoms in total. The van der Waals surface area contributed by atoms with Crippen LogP contribution in [0.4, 0.5) is 0 Å². The molecule has 1 spiro atoms. The molecule has 5 rings (SSSR count). The van der Waals surface area contributed by atoms with Crippen LogP contribution in [0.15, 0.2) is 48.5 Å². The van der Waals surface area contributed by atoms with E-state index < -0.39 is 5.79 Å². The van der Waals surface area contributed by atoms with E-state index in [1.807, 2.05) is 53.2 Å². The standard InChI is InChI=1S/C23H23ClN2O3/c1-14-15(2)29-23(28-14)12-18-19(13-23)25-26(20-6-4-5-7-21(20)27-3)22(18)16-8-10-17(24)11-9-16/h4-11,14-15H,12-13H2,1-3H3/t14-,15-/m1/s1. The number of hydrogen-bond acceptors (Lipinski definition) is 4. The van der Waals surface area contributed by atoms with Gasteiger partial charge >= 0.3 is 0 Å². The van der Waals surface area contributed by atoms with Crippen LogP contribution in [0, 0.1) is 0 Å². The molecule has 150 valence electrons. The van der Waals surface area contributed by atoms with Gasteiger partial charge < -0.3 is 14.2 Å². The minimum atomic E-state index is -0.614. The normalized spacial score (nSPS) is 22.2. The van der Waals surface area contributed by atoms with E-state index in [0.29, 0.717) is 17.9 Å². The van der Waals surface area contributed by atoms with E-state index >= 15 is 0 Å². The van der Waals surface area contributed by atoms with Gasteiger partial charge in [-0.05, 0) is 38.1 Å². The van der Waals surface area contributed by atoms with Crippen LogP contribution in [0.2, 0.25) is 5.02 Å². The van der Waals surface area contributed by atoms with E-state index in [1.165, 1.54) is 0 Å². The third kappa shape index (κ3) is 3.05. The van der Waals surface area contributed by atoms with Crippen LogP contribution in [0.3, 0.4) is 0 Å². The van der Waals surface area contributed by atoms with Gasteiger partial charge in [0.15, 0.2) is 5.79 Å². The largest absolute Gasteiger partial charge is 0.494 e. The Kier molecular flexibility index (Phi) is 4.42. The molecule has 2 aromatic carbocycles. The van der Waals surface area contributed by atoms with Crippen molar-refractivity contribution < 1.29 is 14.2 Å². The van der Waals surface area contributed by atoms with E-state index in [9.17, 15) is 0 Å². The Morgan fingerprint density at radius 3 is 2.41 bits per heavy atom. The Balaban J connectivity index is 1.66. The van der Waals surface area contributed by atoms with E-state index in [0.717, 1.165) is 34.0 Å². The molecular weight excluding hydrogens is 388 g/mol. The predicted octanol–water partition coefficient (Wildman–Crippen LogP) is 4.82. The van der Waals surface area contributed by atoms with Gasteiger partial charge in [0.05, 0.1) is 30.7 Å². The third-order valence-electron chi connectivity index (χ3n) is 5.84. The number of aromatic nitrogens is 2. The van der Waals surface area contributed by atoms with Gasteiger partial charge in [-0.25, -0.2) is 4.68 Å². The lowest BCUT2D eigenvalue weighted by atomic mass is 10.1. The summed E-state index contributed by atoms with van der Waals surface area (Å²) >= 11 is 6.14. The van der Waals surface area contributed by atoms with Crippen molar-refractivity contribution in [1.82, 2.24) is 9.78 Å². The van der Waals surface area contributed by atoms with Gasteiger partial charge in [0.25, 0.3) is 0 Å². The highest BCUT2D eigenvalue weighted by Gasteiger charge is 2.50. The lowest BCUT2D eigenvalue weighted by Crippen LogP contribution is -2.32. The third-order valence-corrected chi connectivity index (χ3v) is 6.09. The molecule has 1 saturated heterocycles. The molecule has 0 unspecified atom stereocenters. The second-order valence-electron chi connectivity index (χ2n) is 7.77. The minimum Gasteiger partial charge on any atom is -0.494 e. The average molecular weight is 411 g/mol. The molecule has 0 bridgehead atoms. The van der Waals surface area contributed by atoms with Crippen LogP contribution in [0.1, 0.15) is 25.1 Å². The number of ether oxygens (including phenoxy) is 3. The van der Waals surface area contributed by atoms with Crippen molar-refractivity contribution in [2.75, 3.05) is 7.11 Å². The molecule has 1 aliphatic carbocycles. The zero-order valence-electron chi connectivity index (χ0n) is 16.7. The van der Waals surface area contributed by atoms with Crippen molar-refractivity contribution >= 4 is 11.6 Å². The molecule has 2 atom stereocenters. The molecule has 0 radical (unpaired) electrons. The summed E-state index contributed by atoms with van der Waals surface area (Å²) in [6, 6.07) is 15.8. The first kappa shape index (κ1) is 18.7. The number of hydrogen-bond donors (Lipinski definition) is 0. The monoisotopic (exact) mass is 410 g/mol. The van der Waals surface area contributed by atoms with Crippen LogP contribution in [-0.4, -0.2) is 34.9 Å². The van der Waals surface area contributed by atoms with Crippen LogP contribution in [-0.2, 0) is 22.3 Å². The zero-order valence-corrected chi connectivity index (χ0v) is 17.4. The van der Waals surface area contributed by atoms with Crippen molar-refractivity contribution in [2.24, 2.45) is 0 Å². The molecule has 0 saturated carbocycles. The van der Waals surface area contributed by atoms with Gasteiger partial charge in [0.1, 0.15) is 11.4 Å². The fourth-order valence-corrected chi connectivity index (χ4v) is 4.48. The Hall–Kier alpha value is -2.34. The summed E-state index contributed by atoms with van der Waals surface area (Å²) in [5.74, 6) is 0.159. The molecule has 0 N–H and O–H groups in total. The molecule has 1 fully saturated rings. The molecule has 6 heteroatoms. The molecule has 3 aromatic rings. The maximum Gasteiger partial charge on any atom is 0.178 e. The summed E-state index contributed by atoms with van der Waals surface area (Å²) in [6.45, 7) is 4.12. The summed E-state index contributed by atoms with van der Waals surface area (Å²) in [5.41, 5.74) is 5.13. The predicted molar refractivity (Wildman–Crippen MR) is 112 cm³/mol. The van der Waals surface area contributed by atoms with E-state index in [1.54, 1.807) is 7.11 Å². The first-order valence-electron chi connectivity index (χ1n) is 9.85. The SMILES string of the molecule is COc1ccccc1-n1nc2c(c1-c1ccc(Cl)cc1)CC1(C2)O[C@H](C)[C@@H](C)O1. The molecule has 1 aromatic heterocycles. The molecule has 0 amide bonds. The fraction of sp³-hybridized carbons (Fsp3) is 0.348. The van der Waals surface area contributed by atoms with Crippen LogP contribution in [0.25, 0.3) is 16.9 Å². The van der Waals surface area contributed by atoms with Crippen LogP contribution in [0.5, 0.6) is 5.75 Å². The quantitative estimate of drug-likeness (QED) is 0.621. The van der Waals surface area contributed by atoms with Gasteiger partial charge in [-0.3, -0.25) is 0 Å². The maximum atomic E-state index is 6.25. The molecular formula is C23H23ClN2O3. The molecule has 2 aliphatic rings. The molecule has 2 heterocycles. The lowest BCUT2D eigenvalue weighted by Gasteiger charge is -2.23. The minimum absolute atomic E-state index is 0.0688. The zero-order chi connectivity index (χ0) is 20.2. The van der Waals surface area contributed by atoms with Gasteiger partial charge in [-0.2, -0.15) is 5.10 Å². The van der Waals surface area contributed by atoms with Crippen LogP contribution < -0.4 is 4.74 Å². The van der Waals surface area contributed by atoms with Crippen LogP contribution >= 0.6 is 11.6 Å². The maximum absolute atomic E-state index is 6.25. The lowest BCUT2D eigenvalue weighted by molar-refractivity contribution is -0.164. The number of nitrogens with zero attached hydrogens (tertiary/aromatic N) is 2. The number of methoxy groups -OCH3 is 1. The summed E-state index contributed by atoms with van der Waals surface area (Å²) in [4.78, 5) is 0. The Morgan fingerprint density at radius 1 is 1.03 bits per heavy atom. The van der Waals surface area contributed by atoms with Crippen molar-refractivity contribution in [1.29, 1.82) is 0 Å². The van der Waals surface area contributed by atoms with Crippen molar-refractivity contribution in [2.45, 2.75) is 44.7 Å². The van der Waals surface area contributed by atoms with Gasteiger partial charge in [0.2, 0.25) is 0 Å². The highest BCUT2D eigenvalue weighted by atomic mass is 35.5. The number of fused-ring (bicyclic) bond motifs is 1. The van der Waals surface area contributed by atoms with E-state index in [-0.39, 0.29) is 12.2 Å². The Morgan fingerprint density at radius 2 is 1.72 bits per heavy atom. The smallest absolute Gasteiger partial charge is 0.178 e. The summed E-state index contributed by atoms with van der Waals surface area (Å²) < 4.78 is 20.1. The highest BCUT2D eigenvalue weighted by molar-refractivity contribution is 6.30. The van der Waals surface area contributed by atoms with Gasteiger partial charge in [-0.1, -0.05) is 35.9 Å². The highest BCUT2D eigenvalue weighted by Crippen LogP contribution is 2.45. The summed E-state index contributed by atoms with van der Waals surface area (Å²) in [5, 5.41) is 5.69. The number of para-hydroxylation sites is 2. The van der Waals surface area contributed by atoms with Gasteiger partial charge in [-0.15, -0.1) is 0 Å². The van der Waals surface area contributed by atoms with Crippen molar-refractivity contribution in [3.63, 3.8) is 0 Å². The number of rotatable bonds is 3. The first-order valence-corrected chi connectivity index (χ1v) is 10.2. The van der Waals surface area contributed by atoms with E-state index in [2.05, 4.69) is 13.8 Å². The van der Waals surface area contributed by atoms with Crippen molar-refractivity contribution in [3.8, 4) is 22.7 Å². The topological polar surface area (TPSA) is 45.5 Å². The molecule has 1 aliphatic heterocycles. The van der Waals surface area contributed by atoms with Gasteiger partial charge in [0, 0.05) is 29.0 Å². The average Bonchev–Trinajstić information content (AvgIpc) is 3.32. The summed E-state index contributed by atoms with van der Waals surface area (Å²) in [7, 11) is 1.68. The van der Waals surface area contributed by atoms with Crippen molar-refractivity contribution in [3.05, 3.63) is 64.8 Å². The second kappa shape index (κ2) is 6.87. The Labute approximate surface area is 175 Å². The van der Waals surface area contributed by atoms with E-state index in [4.69, 9.17) is 30.9 Å². The Bertz CT molecular complexity index is 1050. The number of halogens is 1.